The topological polar surface area (TPSA) is 39.1 Å². The third kappa shape index (κ3) is 4.70. The minimum Gasteiger partial charge on any atom is -0.489 e. The molecule has 0 saturated carbocycles. The quantitative estimate of drug-likeness (QED) is 0.723. The molecule has 0 spiro atoms. The fourth-order valence-corrected chi connectivity index (χ4v) is 2.47. The molecule has 1 N–H and O–H groups in total. The van der Waals surface area contributed by atoms with Crippen molar-refractivity contribution in [2.45, 2.75) is 26.6 Å². The van der Waals surface area contributed by atoms with Gasteiger partial charge in [0, 0.05) is 31.9 Å². The molecule has 0 aliphatic carbocycles. The van der Waals surface area contributed by atoms with E-state index in [4.69, 9.17) is 4.74 Å². The molecule has 124 valence electrons. The summed E-state index contributed by atoms with van der Waals surface area (Å²) in [7, 11) is 1.93. The lowest BCUT2D eigenvalue weighted by atomic mass is 10.2. The average Bonchev–Trinajstić information content (AvgIpc) is 3.01. The first-order valence-corrected chi connectivity index (χ1v) is 8.14. The van der Waals surface area contributed by atoms with Crippen LogP contribution in [0.3, 0.4) is 0 Å². The van der Waals surface area contributed by atoms with Gasteiger partial charge in [-0.05, 0) is 30.2 Å². The normalized spacial score (nSPS) is 10.8. The van der Waals surface area contributed by atoms with E-state index in [0.717, 1.165) is 18.8 Å². The Morgan fingerprint density at radius 2 is 1.58 bits per heavy atom. The van der Waals surface area contributed by atoms with Crippen molar-refractivity contribution in [1.29, 1.82) is 0 Å². The van der Waals surface area contributed by atoms with Gasteiger partial charge in [0.25, 0.3) is 0 Å². The number of hydrogen-bond donors (Lipinski definition) is 1. The molecule has 0 aliphatic heterocycles. The Hall–Kier alpha value is -2.59. The van der Waals surface area contributed by atoms with Crippen molar-refractivity contribution < 1.29 is 4.74 Å². The average molecular weight is 321 g/mol. The highest BCUT2D eigenvalue weighted by molar-refractivity contribution is 5.28. The molecule has 1 aromatic heterocycles. The summed E-state index contributed by atoms with van der Waals surface area (Å²) in [5.41, 5.74) is 4.88. The van der Waals surface area contributed by atoms with E-state index >= 15 is 0 Å². The van der Waals surface area contributed by atoms with Gasteiger partial charge in [-0.1, -0.05) is 42.0 Å². The van der Waals surface area contributed by atoms with Crippen molar-refractivity contribution in [3.8, 4) is 5.75 Å². The lowest BCUT2D eigenvalue weighted by molar-refractivity contribution is 0.306. The molecular weight excluding hydrogens is 298 g/mol. The van der Waals surface area contributed by atoms with E-state index in [0.29, 0.717) is 6.61 Å². The van der Waals surface area contributed by atoms with Crippen LogP contribution in [-0.4, -0.2) is 9.78 Å². The maximum absolute atomic E-state index is 5.83. The third-order valence-electron chi connectivity index (χ3n) is 3.87. The first-order chi connectivity index (χ1) is 11.7. The summed E-state index contributed by atoms with van der Waals surface area (Å²) in [6.45, 7) is 4.33. The monoisotopic (exact) mass is 321 g/mol. The summed E-state index contributed by atoms with van der Waals surface area (Å²) in [5, 5.41) is 7.58. The van der Waals surface area contributed by atoms with Crippen LogP contribution in [0.15, 0.2) is 60.9 Å². The van der Waals surface area contributed by atoms with Crippen LogP contribution in [0.4, 0.5) is 0 Å². The zero-order valence-corrected chi connectivity index (χ0v) is 14.2. The summed E-state index contributed by atoms with van der Waals surface area (Å²) in [6, 6.07) is 16.7. The van der Waals surface area contributed by atoms with Gasteiger partial charge in [-0.2, -0.15) is 5.10 Å². The Balaban J connectivity index is 1.45. The standard InChI is InChI=1S/C20H23N3O/c1-16-3-5-18(6-4-16)15-24-20-9-7-17(8-10-20)11-21-12-19-13-22-23(2)14-19/h3-10,13-14,21H,11-12,15H2,1-2H3. The molecule has 0 fully saturated rings. The van der Waals surface area contributed by atoms with Crippen LogP contribution in [0, 0.1) is 6.92 Å². The first-order valence-electron chi connectivity index (χ1n) is 8.14. The lowest BCUT2D eigenvalue weighted by Gasteiger charge is -2.08. The van der Waals surface area contributed by atoms with Crippen LogP contribution >= 0.6 is 0 Å². The van der Waals surface area contributed by atoms with Gasteiger partial charge < -0.3 is 10.1 Å². The van der Waals surface area contributed by atoms with Gasteiger partial charge in [0.15, 0.2) is 0 Å². The smallest absolute Gasteiger partial charge is 0.119 e. The van der Waals surface area contributed by atoms with E-state index in [1.165, 1.54) is 22.3 Å². The molecule has 1 heterocycles. The van der Waals surface area contributed by atoms with Crippen LogP contribution in [0.5, 0.6) is 5.75 Å². The predicted molar refractivity (Wildman–Crippen MR) is 95.7 cm³/mol. The molecule has 24 heavy (non-hydrogen) atoms. The Morgan fingerprint density at radius 3 is 2.25 bits per heavy atom. The molecule has 0 bridgehead atoms. The number of rotatable bonds is 7. The number of aromatic nitrogens is 2. The van der Waals surface area contributed by atoms with Crippen LogP contribution in [-0.2, 0) is 26.7 Å². The predicted octanol–water partition coefficient (Wildman–Crippen LogP) is 3.60. The highest BCUT2D eigenvalue weighted by atomic mass is 16.5. The Labute approximate surface area is 143 Å². The molecule has 0 atom stereocenters. The molecule has 0 unspecified atom stereocenters. The molecule has 4 nitrogen and oxygen atoms in total. The SMILES string of the molecule is Cc1ccc(COc2ccc(CNCc3cnn(C)c3)cc2)cc1. The second kappa shape index (κ2) is 7.79. The summed E-state index contributed by atoms with van der Waals surface area (Å²) in [5.74, 6) is 0.895. The number of ether oxygens (including phenoxy) is 1. The van der Waals surface area contributed by atoms with Gasteiger partial charge in [0.2, 0.25) is 0 Å². The van der Waals surface area contributed by atoms with Crippen LogP contribution in [0.2, 0.25) is 0 Å². The van der Waals surface area contributed by atoms with Crippen LogP contribution in [0.25, 0.3) is 0 Å². The summed E-state index contributed by atoms with van der Waals surface area (Å²) >= 11 is 0. The van der Waals surface area contributed by atoms with Gasteiger partial charge in [-0.25, -0.2) is 0 Å². The fraction of sp³-hybridized carbons (Fsp3) is 0.250. The minimum atomic E-state index is 0.596. The van der Waals surface area contributed by atoms with Crippen molar-refractivity contribution in [2.24, 2.45) is 7.05 Å². The summed E-state index contributed by atoms with van der Waals surface area (Å²) in [4.78, 5) is 0. The van der Waals surface area contributed by atoms with Gasteiger partial charge in [0.05, 0.1) is 6.20 Å². The second-order valence-corrected chi connectivity index (χ2v) is 6.04. The number of aryl methyl sites for hydroxylation is 2. The molecule has 0 amide bonds. The largest absolute Gasteiger partial charge is 0.489 e. The van der Waals surface area contributed by atoms with Crippen LogP contribution in [0.1, 0.15) is 22.3 Å². The van der Waals surface area contributed by atoms with Crippen molar-refractivity contribution in [3.63, 3.8) is 0 Å². The molecule has 0 saturated heterocycles. The molecule has 2 aromatic carbocycles. The Morgan fingerprint density at radius 1 is 0.917 bits per heavy atom. The van der Waals surface area contributed by atoms with E-state index in [1.54, 1.807) is 0 Å². The zero-order chi connectivity index (χ0) is 16.8. The number of hydrogen-bond acceptors (Lipinski definition) is 3. The number of nitrogens with one attached hydrogen (secondary N) is 1. The molecule has 0 aliphatic rings. The fourth-order valence-electron chi connectivity index (χ4n) is 2.47. The van der Waals surface area contributed by atoms with E-state index in [1.807, 2.05) is 36.3 Å². The van der Waals surface area contributed by atoms with Gasteiger partial charge in [0.1, 0.15) is 12.4 Å². The minimum absolute atomic E-state index is 0.596. The van der Waals surface area contributed by atoms with Crippen molar-refractivity contribution >= 4 is 0 Å². The van der Waals surface area contributed by atoms with E-state index in [9.17, 15) is 0 Å². The van der Waals surface area contributed by atoms with Crippen molar-refractivity contribution in [1.82, 2.24) is 15.1 Å². The maximum atomic E-state index is 5.83. The molecule has 0 radical (unpaired) electrons. The highest BCUT2D eigenvalue weighted by Crippen LogP contribution is 2.14. The van der Waals surface area contributed by atoms with Crippen molar-refractivity contribution in [3.05, 3.63) is 83.2 Å². The molecular formula is C20H23N3O. The molecule has 4 heteroatoms. The van der Waals surface area contributed by atoms with Gasteiger partial charge in [-0.15, -0.1) is 0 Å². The summed E-state index contributed by atoms with van der Waals surface area (Å²) < 4.78 is 7.65. The molecule has 3 rings (SSSR count). The number of benzene rings is 2. The Kier molecular flexibility index (Phi) is 5.29. The van der Waals surface area contributed by atoms with Crippen molar-refractivity contribution in [2.75, 3.05) is 0 Å². The molecule has 3 aromatic rings. The van der Waals surface area contributed by atoms with Gasteiger partial charge >= 0.3 is 0 Å². The van der Waals surface area contributed by atoms with Crippen LogP contribution < -0.4 is 10.1 Å². The highest BCUT2D eigenvalue weighted by Gasteiger charge is 1.99. The van der Waals surface area contributed by atoms with E-state index in [-0.39, 0.29) is 0 Å². The number of nitrogens with zero attached hydrogens (tertiary/aromatic N) is 2. The van der Waals surface area contributed by atoms with E-state index < -0.39 is 0 Å². The summed E-state index contributed by atoms with van der Waals surface area (Å²) in [6.07, 6.45) is 3.91. The second-order valence-electron chi connectivity index (χ2n) is 6.04. The zero-order valence-electron chi connectivity index (χ0n) is 14.2. The third-order valence-corrected chi connectivity index (χ3v) is 3.87. The van der Waals surface area contributed by atoms with Gasteiger partial charge in [-0.3, -0.25) is 4.68 Å². The maximum Gasteiger partial charge on any atom is 0.119 e. The lowest BCUT2D eigenvalue weighted by Crippen LogP contribution is -2.12. The first kappa shape index (κ1) is 16.3. The van der Waals surface area contributed by atoms with E-state index in [2.05, 4.69) is 53.7 Å². The Bertz CT molecular complexity index is 760.